The van der Waals surface area contributed by atoms with Crippen molar-refractivity contribution in [3.8, 4) is 28.3 Å². The number of aromatic nitrogens is 2. The van der Waals surface area contributed by atoms with Crippen LogP contribution in [-0.4, -0.2) is 29.4 Å². The molecular formula is C17H16FN3O. The lowest BCUT2D eigenvalue weighted by atomic mass is 10.1. The van der Waals surface area contributed by atoms with E-state index < -0.39 is 5.82 Å². The standard InChI is InChI=1S/C17H16FN3O/c1-21(2)13-6-3-11(4-7-13)15-10-16(20-19-15)14-8-5-12(18)9-17(14)22/h3-10,22H,1-2H3,(H,19,20). The number of hydrogen-bond donors (Lipinski definition) is 2. The topological polar surface area (TPSA) is 52.1 Å². The minimum Gasteiger partial charge on any atom is -0.507 e. The zero-order chi connectivity index (χ0) is 15.7. The molecule has 5 heteroatoms. The van der Waals surface area contributed by atoms with Crippen LogP contribution < -0.4 is 4.90 Å². The number of anilines is 1. The molecule has 0 bridgehead atoms. The van der Waals surface area contributed by atoms with Crippen LogP contribution in [0, 0.1) is 5.82 Å². The normalized spacial score (nSPS) is 10.7. The zero-order valence-electron chi connectivity index (χ0n) is 12.3. The average Bonchev–Trinajstić information content (AvgIpc) is 2.97. The molecule has 1 heterocycles. The Bertz CT molecular complexity index is 794. The lowest BCUT2D eigenvalue weighted by Gasteiger charge is -2.12. The van der Waals surface area contributed by atoms with E-state index in [0.29, 0.717) is 11.3 Å². The van der Waals surface area contributed by atoms with Crippen molar-refractivity contribution in [2.75, 3.05) is 19.0 Å². The van der Waals surface area contributed by atoms with Crippen LogP contribution in [0.2, 0.25) is 0 Å². The molecule has 0 aliphatic rings. The van der Waals surface area contributed by atoms with Crippen LogP contribution in [0.15, 0.2) is 48.5 Å². The van der Waals surface area contributed by atoms with Crippen LogP contribution in [0.4, 0.5) is 10.1 Å². The summed E-state index contributed by atoms with van der Waals surface area (Å²) in [5, 5.41) is 17.0. The number of phenols is 1. The van der Waals surface area contributed by atoms with Gasteiger partial charge in [-0.1, -0.05) is 12.1 Å². The first-order valence-electron chi connectivity index (χ1n) is 6.86. The second-order valence-corrected chi connectivity index (χ2v) is 5.27. The monoisotopic (exact) mass is 297 g/mol. The first-order valence-corrected chi connectivity index (χ1v) is 6.86. The molecule has 0 atom stereocenters. The third-order valence-electron chi connectivity index (χ3n) is 3.51. The minimum absolute atomic E-state index is 0.113. The summed E-state index contributed by atoms with van der Waals surface area (Å²) in [5.74, 6) is -0.585. The van der Waals surface area contributed by atoms with Gasteiger partial charge < -0.3 is 10.0 Å². The molecule has 0 spiro atoms. The lowest BCUT2D eigenvalue weighted by Crippen LogP contribution is -2.07. The van der Waals surface area contributed by atoms with Crippen LogP contribution in [0.5, 0.6) is 5.75 Å². The summed E-state index contributed by atoms with van der Waals surface area (Å²) >= 11 is 0. The van der Waals surface area contributed by atoms with E-state index in [1.165, 1.54) is 12.1 Å². The van der Waals surface area contributed by atoms with Gasteiger partial charge in [0.25, 0.3) is 0 Å². The number of nitrogens with zero attached hydrogens (tertiary/aromatic N) is 2. The van der Waals surface area contributed by atoms with E-state index >= 15 is 0 Å². The second-order valence-electron chi connectivity index (χ2n) is 5.27. The van der Waals surface area contributed by atoms with Crippen LogP contribution in [0.3, 0.4) is 0 Å². The van der Waals surface area contributed by atoms with Crippen molar-refractivity contribution >= 4 is 5.69 Å². The fraction of sp³-hybridized carbons (Fsp3) is 0.118. The number of nitrogens with one attached hydrogen (secondary N) is 1. The maximum absolute atomic E-state index is 13.0. The first-order chi connectivity index (χ1) is 10.5. The summed E-state index contributed by atoms with van der Waals surface area (Å²) in [5.41, 5.74) is 4.00. The number of aromatic amines is 1. The SMILES string of the molecule is CN(C)c1ccc(-c2cc(-c3ccc(F)cc3O)[nH]n2)cc1. The van der Waals surface area contributed by atoms with Crippen molar-refractivity contribution < 1.29 is 9.50 Å². The second kappa shape index (κ2) is 5.52. The van der Waals surface area contributed by atoms with Crippen LogP contribution in [-0.2, 0) is 0 Å². The number of phenolic OH excluding ortho intramolecular Hbond substituents is 1. The Balaban J connectivity index is 1.93. The van der Waals surface area contributed by atoms with E-state index in [4.69, 9.17) is 0 Å². The van der Waals surface area contributed by atoms with Crippen LogP contribution in [0.1, 0.15) is 0 Å². The Hall–Kier alpha value is -2.82. The molecule has 0 aliphatic heterocycles. The molecule has 0 saturated heterocycles. The third-order valence-corrected chi connectivity index (χ3v) is 3.51. The molecule has 22 heavy (non-hydrogen) atoms. The van der Waals surface area contributed by atoms with Gasteiger partial charge in [0.05, 0.1) is 11.4 Å². The fourth-order valence-electron chi connectivity index (χ4n) is 2.27. The van der Waals surface area contributed by atoms with Gasteiger partial charge in [0.2, 0.25) is 0 Å². The summed E-state index contributed by atoms with van der Waals surface area (Å²) in [7, 11) is 3.97. The van der Waals surface area contributed by atoms with Crippen molar-refractivity contribution in [1.82, 2.24) is 10.2 Å². The van der Waals surface area contributed by atoms with Gasteiger partial charge in [-0.25, -0.2) is 4.39 Å². The van der Waals surface area contributed by atoms with Crippen molar-refractivity contribution in [1.29, 1.82) is 0 Å². The van der Waals surface area contributed by atoms with E-state index in [1.807, 2.05) is 49.3 Å². The van der Waals surface area contributed by atoms with Gasteiger partial charge >= 0.3 is 0 Å². The molecule has 0 saturated carbocycles. The van der Waals surface area contributed by atoms with E-state index in [-0.39, 0.29) is 5.75 Å². The predicted molar refractivity (Wildman–Crippen MR) is 85.4 cm³/mol. The number of hydrogen-bond acceptors (Lipinski definition) is 3. The maximum atomic E-state index is 13.0. The highest BCUT2D eigenvalue weighted by Crippen LogP contribution is 2.31. The van der Waals surface area contributed by atoms with Gasteiger partial charge in [-0.3, -0.25) is 5.10 Å². The van der Waals surface area contributed by atoms with E-state index in [1.54, 1.807) is 0 Å². The van der Waals surface area contributed by atoms with Gasteiger partial charge in [-0.2, -0.15) is 5.10 Å². The Morgan fingerprint density at radius 2 is 1.77 bits per heavy atom. The summed E-state index contributed by atoms with van der Waals surface area (Å²) in [4.78, 5) is 2.02. The Labute approximate surface area is 127 Å². The average molecular weight is 297 g/mol. The molecule has 0 amide bonds. The molecule has 2 aromatic carbocycles. The van der Waals surface area contributed by atoms with Crippen LogP contribution in [0.25, 0.3) is 22.5 Å². The summed E-state index contributed by atoms with van der Waals surface area (Å²) in [6.45, 7) is 0. The maximum Gasteiger partial charge on any atom is 0.127 e. The molecule has 4 nitrogen and oxygen atoms in total. The molecule has 0 fully saturated rings. The van der Waals surface area contributed by atoms with Gasteiger partial charge in [0, 0.05) is 37.0 Å². The van der Waals surface area contributed by atoms with Crippen molar-refractivity contribution in [2.45, 2.75) is 0 Å². The molecule has 0 radical (unpaired) electrons. The minimum atomic E-state index is -0.472. The smallest absolute Gasteiger partial charge is 0.127 e. The lowest BCUT2D eigenvalue weighted by molar-refractivity contribution is 0.471. The Morgan fingerprint density at radius 1 is 1.05 bits per heavy atom. The van der Waals surface area contributed by atoms with Gasteiger partial charge in [-0.15, -0.1) is 0 Å². The summed E-state index contributed by atoms with van der Waals surface area (Å²) in [6, 6.07) is 13.7. The third kappa shape index (κ3) is 2.65. The molecule has 0 unspecified atom stereocenters. The van der Waals surface area contributed by atoms with Gasteiger partial charge in [0.15, 0.2) is 0 Å². The largest absolute Gasteiger partial charge is 0.507 e. The van der Waals surface area contributed by atoms with E-state index in [9.17, 15) is 9.50 Å². The van der Waals surface area contributed by atoms with E-state index in [0.717, 1.165) is 23.0 Å². The summed E-state index contributed by atoms with van der Waals surface area (Å²) < 4.78 is 13.0. The zero-order valence-corrected chi connectivity index (χ0v) is 12.3. The highest BCUT2D eigenvalue weighted by Gasteiger charge is 2.10. The molecule has 3 aromatic rings. The molecule has 3 rings (SSSR count). The van der Waals surface area contributed by atoms with Crippen molar-refractivity contribution in [3.05, 3.63) is 54.3 Å². The Kier molecular flexibility index (Phi) is 3.55. The number of benzene rings is 2. The van der Waals surface area contributed by atoms with E-state index in [2.05, 4.69) is 10.2 Å². The molecule has 112 valence electrons. The van der Waals surface area contributed by atoms with Crippen LogP contribution >= 0.6 is 0 Å². The number of H-pyrrole nitrogens is 1. The quantitative estimate of drug-likeness (QED) is 0.776. The molecular weight excluding hydrogens is 281 g/mol. The first kappa shape index (κ1) is 14.1. The highest BCUT2D eigenvalue weighted by atomic mass is 19.1. The molecule has 1 aromatic heterocycles. The molecule has 0 aliphatic carbocycles. The number of aromatic hydroxyl groups is 1. The highest BCUT2D eigenvalue weighted by molar-refractivity contribution is 5.72. The number of halogens is 1. The Morgan fingerprint density at radius 3 is 2.41 bits per heavy atom. The fourth-order valence-corrected chi connectivity index (χ4v) is 2.27. The van der Waals surface area contributed by atoms with Crippen molar-refractivity contribution in [2.24, 2.45) is 0 Å². The molecule has 2 N–H and O–H groups in total. The van der Waals surface area contributed by atoms with Crippen molar-refractivity contribution in [3.63, 3.8) is 0 Å². The van der Waals surface area contributed by atoms with Gasteiger partial charge in [0.1, 0.15) is 11.6 Å². The number of rotatable bonds is 3. The summed E-state index contributed by atoms with van der Waals surface area (Å²) in [6.07, 6.45) is 0. The van der Waals surface area contributed by atoms with Gasteiger partial charge in [-0.05, 0) is 30.3 Å². The predicted octanol–water partition coefficient (Wildman–Crippen LogP) is 3.65.